The summed E-state index contributed by atoms with van der Waals surface area (Å²) < 4.78 is 0. The summed E-state index contributed by atoms with van der Waals surface area (Å²) in [7, 11) is 0. The molecule has 0 aromatic heterocycles. The second kappa shape index (κ2) is 6.19. The fourth-order valence-electron chi connectivity index (χ4n) is 3.63. The Balaban J connectivity index is 1.88. The summed E-state index contributed by atoms with van der Waals surface area (Å²) in [5, 5.41) is 3.42. The molecule has 2 nitrogen and oxygen atoms in total. The maximum Gasteiger partial charge on any atom is 0.0348 e. The van der Waals surface area contributed by atoms with Gasteiger partial charge in [-0.3, -0.25) is 4.90 Å². The Labute approximate surface area is 107 Å². The molecule has 1 saturated heterocycles. The molecule has 0 radical (unpaired) electrons. The maximum absolute atomic E-state index is 3.42. The Morgan fingerprint density at radius 3 is 2.35 bits per heavy atom. The van der Waals surface area contributed by atoms with Crippen LogP contribution in [0, 0.1) is 11.8 Å². The normalized spacial score (nSPS) is 31.6. The van der Waals surface area contributed by atoms with Crippen molar-refractivity contribution in [1.29, 1.82) is 0 Å². The number of rotatable bonds is 4. The number of hydrogen-bond acceptors (Lipinski definition) is 2. The van der Waals surface area contributed by atoms with E-state index in [2.05, 4.69) is 31.0 Å². The fourth-order valence-corrected chi connectivity index (χ4v) is 3.63. The second-order valence-electron chi connectivity index (χ2n) is 6.31. The Morgan fingerprint density at radius 1 is 1.06 bits per heavy atom. The minimum Gasteiger partial charge on any atom is -0.314 e. The summed E-state index contributed by atoms with van der Waals surface area (Å²) in [5.41, 5.74) is 0. The molecular weight excluding hydrogens is 208 g/mol. The van der Waals surface area contributed by atoms with Crippen LogP contribution in [0.15, 0.2) is 0 Å². The molecule has 1 aliphatic heterocycles. The van der Waals surface area contributed by atoms with Crippen molar-refractivity contribution >= 4 is 0 Å². The van der Waals surface area contributed by atoms with Gasteiger partial charge in [0.15, 0.2) is 0 Å². The first kappa shape index (κ1) is 13.4. The number of likely N-dealkylation sites (N-methyl/N-ethyl adjacent to an activating group) is 1. The summed E-state index contributed by atoms with van der Waals surface area (Å²) in [4.78, 5) is 2.78. The van der Waals surface area contributed by atoms with Gasteiger partial charge in [-0.1, -0.05) is 33.6 Å². The smallest absolute Gasteiger partial charge is 0.0348 e. The highest BCUT2D eigenvalue weighted by atomic mass is 15.2. The van der Waals surface area contributed by atoms with Gasteiger partial charge in [-0.25, -0.2) is 0 Å². The van der Waals surface area contributed by atoms with E-state index in [1.165, 1.54) is 51.7 Å². The third-order valence-electron chi connectivity index (χ3n) is 4.99. The molecule has 1 aliphatic carbocycles. The summed E-state index contributed by atoms with van der Waals surface area (Å²) in [5.74, 6) is 1.87. The zero-order chi connectivity index (χ0) is 12.3. The molecule has 0 spiro atoms. The minimum atomic E-state index is 0.834. The quantitative estimate of drug-likeness (QED) is 0.758. The van der Waals surface area contributed by atoms with Gasteiger partial charge in [0, 0.05) is 25.2 Å². The molecule has 0 aromatic carbocycles. The van der Waals surface area contributed by atoms with Crippen molar-refractivity contribution in [3.63, 3.8) is 0 Å². The lowest BCUT2D eigenvalue weighted by atomic mass is 9.89. The molecule has 0 bridgehead atoms. The van der Waals surface area contributed by atoms with Crippen molar-refractivity contribution in [1.82, 2.24) is 10.2 Å². The van der Waals surface area contributed by atoms with E-state index in [9.17, 15) is 0 Å². The van der Waals surface area contributed by atoms with Crippen LogP contribution in [0.25, 0.3) is 0 Å². The molecule has 1 N–H and O–H groups in total. The standard InChI is InChI=1S/C15H30N2/c1-4-17(15-10-16-11-15)14-7-5-6-13(8-9-14)12(2)3/h12-16H,4-11H2,1-3H3. The van der Waals surface area contributed by atoms with Crippen molar-refractivity contribution in [2.45, 2.75) is 65.0 Å². The fraction of sp³-hybridized carbons (Fsp3) is 1.00. The van der Waals surface area contributed by atoms with E-state index in [0.717, 1.165) is 23.9 Å². The maximum atomic E-state index is 3.42. The molecule has 17 heavy (non-hydrogen) atoms. The van der Waals surface area contributed by atoms with Gasteiger partial charge < -0.3 is 5.32 Å². The monoisotopic (exact) mass is 238 g/mol. The minimum absolute atomic E-state index is 0.834. The molecule has 100 valence electrons. The molecule has 1 saturated carbocycles. The van der Waals surface area contributed by atoms with Crippen molar-refractivity contribution in [2.24, 2.45) is 11.8 Å². The highest BCUT2D eigenvalue weighted by Crippen LogP contribution is 2.31. The van der Waals surface area contributed by atoms with Crippen LogP contribution >= 0.6 is 0 Å². The van der Waals surface area contributed by atoms with Crippen LogP contribution in [-0.4, -0.2) is 36.6 Å². The van der Waals surface area contributed by atoms with Crippen LogP contribution in [0.4, 0.5) is 0 Å². The predicted molar refractivity (Wildman–Crippen MR) is 74.2 cm³/mol. The topological polar surface area (TPSA) is 15.3 Å². The highest BCUT2D eigenvalue weighted by molar-refractivity contribution is 4.89. The van der Waals surface area contributed by atoms with E-state index in [0.29, 0.717) is 0 Å². The molecule has 2 heteroatoms. The van der Waals surface area contributed by atoms with E-state index in [4.69, 9.17) is 0 Å². The molecule has 2 rings (SSSR count). The number of hydrogen-bond donors (Lipinski definition) is 1. The van der Waals surface area contributed by atoms with Crippen LogP contribution in [-0.2, 0) is 0 Å². The van der Waals surface area contributed by atoms with Crippen LogP contribution in [0.5, 0.6) is 0 Å². The zero-order valence-corrected chi connectivity index (χ0v) is 11.9. The molecule has 2 unspecified atom stereocenters. The molecular formula is C15H30N2. The van der Waals surface area contributed by atoms with Gasteiger partial charge in [-0.2, -0.15) is 0 Å². The van der Waals surface area contributed by atoms with Crippen molar-refractivity contribution < 1.29 is 0 Å². The van der Waals surface area contributed by atoms with Gasteiger partial charge in [0.2, 0.25) is 0 Å². The lowest BCUT2D eigenvalue weighted by Gasteiger charge is -2.42. The average Bonchev–Trinajstić information content (AvgIpc) is 2.48. The van der Waals surface area contributed by atoms with Crippen LogP contribution in [0.2, 0.25) is 0 Å². The van der Waals surface area contributed by atoms with Gasteiger partial charge in [0.1, 0.15) is 0 Å². The summed E-state index contributed by atoms with van der Waals surface area (Å²) in [6.45, 7) is 10.8. The zero-order valence-electron chi connectivity index (χ0n) is 11.9. The predicted octanol–water partition coefficient (Wildman–Crippen LogP) is 2.89. The Kier molecular flexibility index (Phi) is 4.87. The van der Waals surface area contributed by atoms with E-state index >= 15 is 0 Å². The van der Waals surface area contributed by atoms with E-state index in [1.54, 1.807) is 0 Å². The molecule has 0 amide bonds. The summed E-state index contributed by atoms with van der Waals surface area (Å²) in [6, 6.07) is 1.71. The molecule has 2 atom stereocenters. The summed E-state index contributed by atoms with van der Waals surface area (Å²) >= 11 is 0. The van der Waals surface area contributed by atoms with Crippen molar-refractivity contribution in [2.75, 3.05) is 19.6 Å². The van der Waals surface area contributed by atoms with Crippen LogP contribution in [0.3, 0.4) is 0 Å². The molecule has 1 heterocycles. The molecule has 2 aliphatic rings. The first-order valence-corrected chi connectivity index (χ1v) is 7.68. The van der Waals surface area contributed by atoms with Gasteiger partial charge in [-0.15, -0.1) is 0 Å². The van der Waals surface area contributed by atoms with Crippen molar-refractivity contribution in [3.05, 3.63) is 0 Å². The third kappa shape index (κ3) is 3.23. The van der Waals surface area contributed by atoms with Gasteiger partial charge in [0.05, 0.1) is 0 Å². The second-order valence-corrected chi connectivity index (χ2v) is 6.31. The first-order chi connectivity index (χ1) is 8.22. The molecule has 2 fully saturated rings. The van der Waals surface area contributed by atoms with E-state index in [1.807, 2.05) is 0 Å². The summed E-state index contributed by atoms with van der Waals surface area (Å²) in [6.07, 6.45) is 7.25. The van der Waals surface area contributed by atoms with Crippen molar-refractivity contribution in [3.8, 4) is 0 Å². The largest absolute Gasteiger partial charge is 0.314 e. The SMILES string of the molecule is CCN(C1CCCC(C(C)C)CC1)C1CNC1. The number of nitrogens with one attached hydrogen (secondary N) is 1. The van der Waals surface area contributed by atoms with Gasteiger partial charge in [-0.05, 0) is 37.6 Å². The average molecular weight is 238 g/mol. The first-order valence-electron chi connectivity index (χ1n) is 7.68. The van der Waals surface area contributed by atoms with Crippen LogP contribution < -0.4 is 5.32 Å². The van der Waals surface area contributed by atoms with Gasteiger partial charge in [0.25, 0.3) is 0 Å². The molecule has 0 aromatic rings. The lowest BCUT2D eigenvalue weighted by molar-refractivity contribution is 0.0908. The Morgan fingerprint density at radius 2 is 1.82 bits per heavy atom. The Hall–Kier alpha value is -0.0800. The van der Waals surface area contributed by atoms with Crippen LogP contribution in [0.1, 0.15) is 52.9 Å². The number of nitrogens with zero attached hydrogens (tertiary/aromatic N) is 1. The Bertz CT molecular complexity index is 223. The highest BCUT2D eigenvalue weighted by Gasteiger charge is 2.31. The lowest BCUT2D eigenvalue weighted by Crippen LogP contribution is -2.59. The van der Waals surface area contributed by atoms with Gasteiger partial charge >= 0.3 is 0 Å². The van der Waals surface area contributed by atoms with E-state index in [-0.39, 0.29) is 0 Å². The van der Waals surface area contributed by atoms with E-state index < -0.39 is 0 Å². The third-order valence-corrected chi connectivity index (χ3v) is 4.99.